The topological polar surface area (TPSA) is 76.1 Å². The first kappa shape index (κ1) is 16.7. The van der Waals surface area contributed by atoms with E-state index in [9.17, 15) is 13.2 Å². The minimum atomic E-state index is -2.91. The lowest BCUT2D eigenvalue weighted by Crippen LogP contribution is -2.29. The van der Waals surface area contributed by atoms with Crippen LogP contribution in [0.5, 0.6) is 0 Å². The van der Waals surface area contributed by atoms with E-state index in [-0.39, 0.29) is 23.3 Å². The number of thiazole rings is 1. The zero-order valence-corrected chi connectivity index (χ0v) is 15.7. The first-order valence-corrected chi connectivity index (χ1v) is 11.4. The number of carbonyl (C=O) groups excluding carboxylic acids is 1. The molecule has 2 aromatic heterocycles. The van der Waals surface area contributed by atoms with Gasteiger partial charge in [0.05, 0.1) is 31.5 Å². The van der Waals surface area contributed by atoms with Gasteiger partial charge in [0.1, 0.15) is 5.01 Å². The van der Waals surface area contributed by atoms with Crippen LogP contribution in [0.15, 0.2) is 36.4 Å². The Hall–Kier alpha value is -1.77. The van der Waals surface area contributed by atoms with Gasteiger partial charge in [-0.25, -0.2) is 13.4 Å². The summed E-state index contributed by atoms with van der Waals surface area (Å²) >= 11 is 3.02. The van der Waals surface area contributed by atoms with Crippen molar-refractivity contribution in [1.82, 2.24) is 10.3 Å². The molecule has 3 heterocycles. The number of amides is 1. The monoisotopic (exact) mass is 392 g/mol. The second-order valence-electron chi connectivity index (χ2n) is 6.13. The molecule has 25 heavy (non-hydrogen) atoms. The van der Waals surface area contributed by atoms with E-state index >= 15 is 0 Å². The molecule has 0 radical (unpaired) electrons. The van der Waals surface area contributed by atoms with E-state index in [1.165, 1.54) is 11.3 Å². The van der Waals surface area contributed by atoms with Crippen molar-refractivity contribution in [3.63, 3.8) is 0 Å². The highest BCUT2D eigenvalue weighted by Gasteiger charge is 2.28. The first-order valence-electron chi connectivity index (χ1n) is 7.94. The molecule has 5 nitrogen and oxygen atoms in total. The van der Waals surface area contributed by atoms with Crippen molar-refractivity contribution >= 4 is 48.6 Å². The molecule has 1 unspecified atom stereocenters. The van der Waals surface area contributed by atoms with Crippen LogP contribution < -0.4 is 5.32 Å². The molecular formula is C17H16N2O3S3. The number of sulfone groups is 1. The number of hydrogen-bond donors (Lipinski definition) is 1. The van der Waals surface area contributed by atoms with Crippen LogP contribution in [-0.2, 0) is 9.84 Å². The second-order valence-corrected chi connectivity index (χ2v) is 10.5. The van der Waals surface area contributed by atoms with E-state index in [4.69, 9.17) is 0 Å². The van der Waals surface area contributed by atoms with Gasteiger partial charge < -0.3 is 5.32 Å². The number of thiophene rings is 1. The van der Waals surface area contributed by atoms with Crippen molar-refractivity contribution in [2.75, 3.05) is 18.1 Å². The Labute approximate surface area is 153 Å². The van der Waals surface area contributed by atoms with Crippen molar-refractivity contribution in [3.8, 4) is 9.88 Å². The van der Waals surface area contributed by atoms with Crippen molar-refractivity contribution < 1.29 is 13.2 Å². The van der Waals surface area contributed by atoms with Crippen LogP contribution in [0.25, 0.3) is 20.1 Å². The Bertz CT molecular complexity index is 1000. The maximum Gasteiger partial charge on any atom is 0.261 e. The van der Waals surface area contributed by atoms with Crippen molar-refractivity contribution in [3.05, 3.63) is 41.3 Å². The fourth-order valence-electron chi connectivity index (χ4n) is 2.91. The summed E-state index contributed by atoms with van der Waals surface area (Å²) in [7, 11) is -2.91. The Morgan fingerprint density at radius 1 is 1.20 bits per heavy atom. The molecule has 1 aliphatic rings. The predicted molar refractivity (Wildman–Crippen MR) is 102 cm³/mol. The smallest absolute Gasteiger partial charge is 0.261 e. The summed E-state index contributed by atoms with van der Waals surface area (Å²) < 4.78 is 24.1. The van der Waals surface area contributed by atoms with Gasteiger partial charge in [0.2, 0.25) is 0 Å². The summed E-state index contributed by atoms with van der Waals surface area (Å²) in [6, 6.07) is 11.7. The number of fused-ring (bicyclic) bond motifs is 1. The average Bonchev–Trinajstić information content (AvgIpc) is 3.29. The quantitative estimate of drug-likeness (QED) is 0.740. The lowest BCUT2D eigenvalue weighted by molar-refractivity contribution is 0.0952. The molecule has 1 saturated heterocycles. The maximum atomic E-state index is 12.3. The fraction of sp³-hybridized carbons (Fsp3) is 0.294. The van der Waals surface area contributed by atoms with Gasteiger partial charge in [0.15, 0.2) is 9.84 Å². The second kappa shape index (κ2) is 6.51. The van der Waals surface area contributed by atoms with E-state index in [0.717, 1.165) is 20.1 Å². The molecule has 1 N–H and O–H groups in total. The lowest BCUT2D eigenvalue weighted by Gasteiger charge is -2.08. The van der Waals surface area contributed by atoms with E-state index in [0.29, 0.717) is 17.8 Å². The number of carbonyl (C=O) groups is 1. The van der Waals surface area contributed by atoms with Crippen molar-refractivity contribution in [2.24, 2.45) is 5.92 Å². The Morgan fingerprint density at radius 3 is 2.80 bits per heavy atom. The number of para-hydroxylation sites is 1. The molecule has 130 valence electrons. The first-order chi connectivity index (χ1) is 12.0. The van der Waals surface area contributed by atoms with Gasteiger partial charge in [-0.3, -0.25) is 4.79 Å². The minimum Gasteiger partial charge on any atom is -0.351 e. The molecule has 0 spiro atoms. The number of nitrogens with one attached hydrogen (secondary N) is 1. The van der Waals surface area contributed by atoms with Gasteiger partial charge in [-0.2, -0.15) is 0 Å². The highest BCUT2D eigenvalue weighted by Crippen LogP contribution is 2.34. The van der Waals surface area contributed by atoms with Crippen LogP contribution in [0.2, 0.25) is 0 Å². The normalized spacial score (nSPS) is 19.3. The van der Waals surface area contributed by atoms with E-state index in [2.05, 4.69) is 10.3 Å². The van der Waals surface area contributed by atoms with E-state index in [1.807, 2.05) is 30.3 Å². The lowest BCUT2D eigenvalue weighted by atomic mass is 10.1. The highest BCUT2D eigenvalue weighted by atomic mass is 32.2. The SMILES string of the molecule is O=C(NCC1CCS(=O)(=O)C1)c1ccc(-c2nc3ccccc3s2)s1. The van der Waals surface area contributed by atoms with Crippen molar-refractivity contribution in [2.45, 2.75) is 6.42 Å². The number of nitrogens with zero attached hydrogens (tertiary/aromatic N) is 1. The third-order valence-corrected chi connectivity index (χ3v) is 8.34. The van der Waals surface area contributed by atoms with Crippen LogP contribution in [0.3, 0.4) is 0 Å². The van der Waals surface area contributed by atoms with Gasteiger partial charge >= 0.3 is 0 Å². The molecule has 3 aromatic rings. The molecule has 1 aliphatic heterocycles. The van der Waals surface area contributed by atoms with Crippen LogP contribution in [0, 0.1) is 5.92 Å². The molecule has 4 rings (SSSR count). The van der Waals surface area contributed by atoms with Gasteiger partial charge in [-0.15, -0.1) is 22.7 Å². The van der Waals surface area contributed by atoms with Gasteiger partial charge in [-0.05, 0) is 36.6 Å². The van der Waals surface area contributed by atoms with Crippen molar-refractivity contribution in [1.29, 1.82) is 0 Å². The zero-order chi connectivity index (χ0) is 17.4. The molecule has 8 heteroatoms. The molecule has 0 saturated carbocycles. The summed E-state index contributed by atoms with van der Waals surface area (Å²) in [5.74, 6) is 0.280. The van der Waals surface area contributed by atoms with E-state index < -0.39 is 9.84 Å². The summed E-state index contributed by atoms with van der Waals surface area (Å²) in [5.41, 5.74) is 0.962. The fourth-order valence-corrected chi connectivity index (χ4v) is 6.71. The molecule has 1 amide bonds. The number of benzene rings is 1. The van der Waals surface area contributed by atoms with Crippen LogP contribution in [0.1, 0.15) is 16.1 Å². The summed E-state index contributed by atoms with van der Waals surface area (Å²) in [5, 5.41) is 3.77. The standard InChI is InChI=1S/C17H16N2O3S3/c20-16(18-9-11-7-8-25(21,22)10-11)14-5-6-15(23-14)17-19-12-3-1-2-4-13(12)24-17/h1-6,11H,7-10H2,(H,18,20). The number of aromatic nitrogens is 1. The Morgan fingerprint density at radius 2 is 2.04 bits per heavy atom. The third kappa shape index (κ3) is 3.61. The Balaban J connectivity index is 1.44. The van der Waals surface area contributed by atoms with E-state index in [1.54, 1.807) is 17.4 Å². The minimum absolute atomic E-state index is 0.0256. The van der Waals surface area contributed by atoms with Gasteiger partial charge in [0.25, 0.3) is 5.91 Å². The Kier molecular flexibility index (Phi) is 4.35. The molecule has 1 fully saturated rings. The van der Waals surface area contributed by atoms with Gasteiger partial charge in [0, 0.05) is 6.54 Å². The summed E-state index contributed by atoms with van der Waals surface area (Å²) in [4.78, 5) is 18.5. The summed E-state index contributed by atoms with van der Waals surface area (Å²) in [6.07, 6.45) is 0.629. The largest absolute Gasteiger partial charge is 0.351 e. The van der Waals surface area contributed by atoms with Crippen LogP contribution in [0.4, 0.5) is 0 Å². The molecule has 1 atom stereocenters. The van der Waals surface area contributed by atoms with Gasteiger partial charge in [-0.1, -0.05) is 12.1 Å². The maximum absolute atomic E-state index is 12.3. The summed E-state index contributed by atoms with van der Waals surface area (Å²) in [6.45, 7) is 0.409. The third-order valence-electron chi connectivity index (χ3n) is 4.21. The molecule has 0 aliphatic carbocycles. The zero-order valence-electron chi connectivity index (χ0n) is 13.3. The predicted octanol–water partition coefficient (Wildman–Crippen LogP) is 3.19. The highest BCUT2D eigenvalue weighted by molar-refractivity contribution is 7.91. The van der Waals surface area contributed by atoms with Crippen LogP contribution >= 0.6 is 22.7 Å². The molecular weight excluding hydrogens is 376 g/mol. The average molecular weight is 393 g/mol. The van der Waals surface area contributed by atoms with Crippen LogP contribution in [-0.4, -0.2) is 37.4 Å². The molecule has 0 bridgehead atoms. The molecule has 1 aromatic carbocycles. The number of rotatable bonds is 4. The number of hydrogen-bond acceptors (Lipinski definition) is 6.